The van der Waals surface area contributed by atoms with E-state index in [0.29, 0.717) is 17.8 Å². The molecule has 3 aromatic heterocycles. The molecule has 1 fully saturated rings. The lowest BCUT2D eigenvalue weighted by Gasteiger charge is -2.31. The van der Waals surface area contributed by atoms with E-state index in [-0.39, 0.29) is 0 Å². The molecule has 2 aliphatic carbocycles. The van der Waals surface area contributed by atoms with E-state index in [1.54, 1.807) is 12.4 Å². The number of aliphatic hydroxyl groups is 1. The largest absolute Gasteiger partial charge is 0.387 e. The highest BCUT2D eigenvalue weighted by atomic mass is 16.3. The smallest absolute Gasteiger partial charge is 0.0962 e. The number of allylic oxidation sites excluding steroid dienone is 1. The number of fused-ring (bicyclic) bond motifs is 2. The molecule has 28 heavy (non-hydrogen) atoms. The molecule has 3 heterocycles. The van der Waals surface area contributed by atoms with E-state index in [2.05, 4.69) is 28.1 Å². The van der Waals surface area contributed by atoms with Gasteiger partial charge in [-0.15, -0.1) is 0 Å². The summed E-state index contributed by atoms with van der Waals surface area (Å²) in [4.78, 5) is 8.57. The lowest BCUT2D eigenvalue weighted by Crippen LogP contribution is -2.22. The molecule has 142 valence electrons. The first kappa shape index (κ1) is 17.3. The summed E-state index contributed by atoms with van der Waals surface area (Å²) in [5, 5.41) is 15.4. The Kier molecular flexibility index (Phi) is 4.32. The minimum atomic E-state index is -0.503. The molecule has 4 atom stereocenters. The van der Waals surface area contributed by atoms with Gasteiger partial charge in [-0.05, 0) is 67.4 Å². The van der Waals surface area contributed by atoms with E-state index in [0.717, 1.165) is 30.6 Å². The standard InChI is InChI=1S/C23H24N4O/c1-15-19-14-26-27(18-5-4-9-24-13-18)21(19)11-16-7-8-17(23(15)16)12-22(28)20-6-2-3-10-25-20/h2-6,9-11,13-15,17,22-23,28H,7-8,12H2,1H3/t15-,17+,22?,23+/m0/s1. The van der Waals surface area contributed by atoms with Crippen molar-refractivity contribution in [1.29, 1.82) is 0 Å². The van der Waals surface area contributed by atoms with Crippen molar-refractivity contribution in [3.63, 3.8) is 0 Å². The molecule has 5 rings (SSSR count). The van der Waals surface area contributed by atoms with E-state index in [1.165, 1.54) is 16.8 Å². The molecule has 1 saturated carbocycles. The monoisotopic (exact) mass is 372 g/mol. The van der Waals surface area contributed by atoms with E-state index in [4.69, 9.17) is 0 Å². The molecule has 0 saturated heterocycles. The average molecular weight is 372 g/mol. The number of aromatic nitrogens is 4. The van der Waals surface area contributed by atoms with Gasteiger partial charge in [-0.3, -0.25) is 9.97 Å². The van der Waals surface area contributed by atoms with Crippen LogP contribution in [0.25, 0.3) is 11.8 Å². The Morgan fingerprint density at radius 2 is 2.11 bits per heavy atom. The predicted molar refractivity (Wildman–Crippen MR) is 108 cm³/mol. The second-order valence-corrected chi connectivity index (χ2v) is 7.95. The molecule has 0 amide bonds. The molecule has 0 bridgehead atoms. The fourth-order valence-corrected chi connectivity index (χ4v) is 5.06. The van der Waals surface area contributed by atoms with Crippen LogP contribution >= 0.6 is 0 Å². The van der Waals surface area contributed by atoms with Crippen molar-refractivity contribution in [2.45, 2.75) is 38.2 Å². The topological polar surface area (TPSA) is 63.8 Å². The van der Waals surface area contributed by atoms with Crippen molar-refractivity contribution < 1.29 is 5.11 Å². The van der Waals surface area contributed by atoms with Crippen LogP contribution in [0.3, 0.4) is 0 Å². The van der Waals surface area contributed by atoms with Gasteiger partial charge < -0.3 is 5.11 Å². The normalized spacial score (nSPS) is 24.4. The van der Waals surface area contributed by atoms with Gasteiger partial charge in [0.05, 0.1) is 35.6 Å². The van der Waals surface area contributed by atoms with Crippen LogP contribution in [0.2, 0.25) is 0 Å². The molecule has 5 nitrogen and oxygen atoms in total. The number of aliphatic hydroxyl groups excluding tert-OH is 1. The second kappa shape index (κ2) is 6.99. The fourth-order valence-electron chi connectivity index (χ4n) is 5.06. The van der Waals surface area contributed by atoms with Crippen LogP contribution in [0, 0.1) is 11.8 Å². The summed E-state index contributed by atoms with van der Waals surface area (Å²) < 4.78 is 2.00. The molecule has 0 aromatic carbocycles. The van der Waals surface area contributed by atoms with Crippen LogP contribution in [0.1, 0.15) is 55.2 Å². The van der Waals surface area contributed by atoms with Gasteiger partial charge in [0.25, 0.3) is 0 Å². The number of pyridine rings is 2. The zero-order chi connectivity index (χ0) is 19.1. The molecular formula is C23H24N4O. The predicted octanol–water partition coefficient (Wildman–Crippen LogP) is 4.31. The number of hydrogen-bond acceptors (Lipinski definition) is 4. The highest BCUT2D eigenvalue weighted by Gasteiger charge is 2.41. The lowest BCUT2D eigenvalue weighted by atomic mass is 9.74. The van der Waals surface area contributed by atoms with Gasteiger partial charge in [0.15, 0.2) is 0 Å². The molecule has 0 radical (unpaired) electrons. The van der Waals surface area contributed by atoms with Crippen molar-refractivity contribution in [3.8, 4) is 5.69 Å². The Morgan fingerprint density at radius 3 is 2.89 bits per heavy atom. The highest BCUT2D eigenvalue weighted by molar-refractivity contribution is 5.61. The van der Waals surface area contributed by atoms with Crippen molar-refractivity contribution in [2.24, 2.45) is 11.8 Å². The van der Waals surface area contributed by atoms with Crippen LogP contribution in [-0.4, -0.2) is 24.9 Å². The van der Waals surface area contributed by atoms with E-state index in [9.17, 15) is 5.11 Å². The third-order valence-corrected chi connectivity index (χ3v) is 6.37. The van der Waals surface area contributed by atoms with Gasteiger partial charge in [-0.2, -0.15) is 5.10 Å². The Hall–Kier alpha value is -2.79. The van der Waals surface area contributed by atoms with Gasteiger partial charge in [-0.25, -0.2) is 4.68 Å². The summed E-state index contributed by atoms with van der Waals surface area (Å²) in [6, 6.07) is 9.72. The maximum atomic E-state index is 10.7. The minimum absolute atomic E-state index is 0.392. The van der Waals surface area contributed by atoms with Crippen molar-refractivity contribution in [3.05, 3.63) is 77.6 Å². The average Bonchev–Trinajstić information content (AvgIpc) is 3.34. The Labute approximate surface area is 164 Å². The molecule has 3 aromatic rings. The maximum absolute atomic E-state index is 10.7. The number of nitrogens with zero attached hydrogens (tertiary/aromatic N) is 4. The Bertz CT molecular complexity index is 996. The zero-order valence-corrected chi connectivity index (χ0v) is 15.9. The molecule has 1 N–H and O–H groups in total. The van der Waals surface area contributed by atoms with Gasteiger partial charge in [0, 0.05) is 18.0 Å². The highest BCUT2D eigenvalue weighted by Crippen LogP contribution is 2.52. The summed E-state index contributed by atoms with van der Waals surface area (Å²) in [7, 11) is 0. The number of rotatable bonds is 4. The minimum Gasteiger partial charge on any atom is -0.387 e. The fraction of sp³-hybridized carbons (Fsp3) is 0.348. The van der Waals surface area contributed by atoms with Crippen molar-refractivity contribution in [1.82, 2.24) is 19.7 Å². The van der Waals surface area contributed by atoms with Gasteiger partial charge >= 0.3 is 0 Å². The summed E-state index contributed by atoms with van der Waals surface area (Å²) in [5.41, 5.74) is 5.72. The first-order valence-electron chi connectivity index (χ1n) is 10.00. The van der Waals surface area contributed by atoms with E-state index < -0.39 is 6.10 Å². The van der Waals surface area contributed by atoms with E-state index in [1.807, 2.05) is 47.4 Å². The number of hydrogen-bond donors (Lipinski definition) is 1. The first-order chi connectivity index (χ1) is 13.7. The van der Waals surface area contributed by atoms with Gasteiger partial charge in [-0.1, -0.05) is 18.6 Å². The first-order valence-corrected chi connectivity index (χ1v) is 10.00. The zero-order valence-electron chi connectivity index (χ0n) is 15.9. The summed E-state index contributed by atoms with van der Waals surface area (Å²) >= 11 is 0. The van der Waals surface area contributed by atoms with Crippen LogP contribution < -0.4 is 0 Å². The van der Waals surface area contributed by atoms with Crippen LogP contribution in [-0.2, 0) is 0 Å². The third kappa shape index (κ3) is 2.87. The second-order valence-electron chi connectivity index (χ2n) is 7.95. The summed E-state index contributed by atoms with van der Waals surface area (Å²) in [5.74, 6) is 1.33. The van der Waals surface area contributed by atoms with E-state index >= 15 is 0 Å². The SMILES string of the molecule is C[C@H]1c2cnn(-c3cccnc3)c2C=C2CC[C@H](CC(O)c3ccccn3)[C@@H]21. The van der Waals surface area contributed by atoms with Gasteiger partial charge in [0.1, 0.15) is 0 Å². The quantitative estimate of drug-likeness (QED) is 0.741. The Morgan fingerprint density at radius 1 is 1.18 bits per heavy atom. The molecular weight excluding hydrogens is 348 g/mol. The van der Waals surface area contributed by atoms with Crippen LogP contribution in [0.15, 0.2) is 60.7 Å². The van der Waals surface area contributed by atoms with Crippen LogP contribution in [0.4, 0.5) is 0 Å². The summed E-state index contributed by atoms with van der Waals surface area (Å²) in [6.45, 7) is 2.30. The molecule has 1 unspecified atom stereocenters. The molecule has 0 spiro atoms. The van der Waals surface area contributed by atoms with Crippen molar-refractivity contribution in [2.75, 3.05) is 0 Å². The molecule has 2 aliphatic rings. The van der Waals surface area contributed by atoms with Crippen molar-refractivity contribution >= 4 is 6.08 Å². The molecule has 5 heteroatoms. The third-order valence-electron chi connectivity index (χ3n) is 6.37. The summed E-state index contributed by atoms with van der Waals surface area (Å²) in [6.07, 6.45) is 12.2. The van der Waals surface area contributed by atoms with Crippen LogP contribution in [0.5, 0.6) is 0 Å². The Balaban J connectivity index is 1.43. The lowest BCUT2D eigenvalue weighted by molar-refractivity contribution is 0.127. The van der Waals surface area contributed by atoms with Gasteiger partial charge in [0.2, 0.25) is 0 Å². The molecule has 0 aliphatic heterocycles. The maximum Gasteiger partial charge on any atom is 0.0962 e.